The van der Waals surface area contributed by atoms with Gasteiger partial charge in [0.25, 0.3) is 0 Å². The van der Waals surface area contributed by atoms with Crippen molar-refractivity contribution in [3.63, 3.8) is 0 Å². The Bertz CT molecular complexity index is 245. The van der Waals surface area contributed by atoms with Crippen molar-refractivity contribution >= 4 is 16.7 Å². The van der Waals surface area contributed by atoms with Crippen LogP contribution in [0.2, 0.25) is 0 Å². The number of likely N-dealkylation sites (tertiary alicyclic amines) is 1. The highest BCUT2D eigenvalue weighted by molar-refractivity contribution is 7.86. The van der Waals surface area contributed by atoms with Crippen molar-refractivity contribution < 1.29 is 9.00 Å². The highest BCUT2D eigenvalue weighted by Gasteiger charge is 2.33. The van der Waals surface area contributed by atoms with E-state index in [0.29, 0.717) is 12.3 Å². The summed E-state index contributed by atoms with van der Waals surface area (Å²) in [6.45, 7) is 3.22. The summed E-state index contributed by atoms with van der Waals surface area (Å²) in [5.74, 6) is 0.794. The largest absolute Gasteiger partial charge is 0.345 e. The molecule has 0 bridgehead atoms. The fourth-order valence-corrected chi connectivity index (χ4v) is 3.20. The molecule has 4 nitrogen and oxygen atoms in total. The lowest BCUT2D eigenvalue weighted by molar-refractivity contribution is -0.126. The third kappa shape index (κ3) is 2.54. The summed E-state index contributed by atoms with van der Waals surface area (Å²) < 4.78 is 11.8. The van der Waals surface area contributed by atoms with Gasteiger partial charge in [-0.2, -0.15) is 0 Å². The second-order valence-corrected chi connectivity index (χ2v) is 5.59. The molecule has 1 fully saturated rings. The Kier molecular flexibility index (Phi) is 4.07. The van der Waals surface area contributed by atoms with E-state index in [0.717, 1.165) is 13.0 Å². The van der Waals surface area contributed by atoms with Crippen LogP contribution in [0.25, 0.3) is 0 Å². The van der Waals surface area contributed by atoms with Crippen LogP contribution in [0.4, 0.5) is 0 Å². The summed E-state index contributed by atoms with van der Waals surface area (Å²) in [4.78, 5) is 13.2. The van der Waals surface area contributed by atoms with Crippen molar-refractivity contribution in [3.8, 4) is 0 Å². The Morgan fingerprint density at radius 2 is 2.36 bits per heavy atom. The fraction of sp³-hybridized carbons (Fsp3) is 0.889. The van der Waals surface area contributed by atoms with Crippen molar-refractivity contribution in [1.29, 1.82) is 0 Å². The highest BCUT2D eigenvalue weighted by atomic mass is 32.2. The van der Waals surface area contributed by atoms with E-state index in [-0.39, 0.29) is 17.1 Å². The van der Waals surface area contributed by atoms with Gasteiger partial charge in [0.05, 0.1) is 0 Å². The summed E-state index contributed by atoms with van der Waals surface area (Å²) in [6.07, 6.45) is 0.721. The zero-order chi connectivity index (χ0) is 10.7. The number of nitrogens with two attached hydrogens (primary N) is 1. The summed E-state index contributed by atoms with van der Waals surface area (Å²) in [6, 6.07) is 0. The van der Waals surface area contributed by atoms with Gasteiger partial charge in [-0.1, -0.05) is 6.92 Å². The number of nitrogens with zero attached hydrogens (tertiary/aromatic N) is 1. The molecule has 3 atom stereocenters. The lowest BCUT2D eigenvalue weighted by atomic mass is 10.2. The smallest absolute Gasteiger partial charge is 0.238 e. The Morgan fingerprint density at radius 3 is 2.79 bits per heavy atom. The van der Waals surface area contributed by atoms with E-state index in [4.69, 9.17) is 5.73 Å². The number of rotatable bonds is 4. The molecule has 1 aliphatic heterocycles. The van der Waals surface area contributed by atoms with E-state index < -0.39 is 10.8 Å². The average Bonchev–Trinajstić information content (AvgIpc) is 2.47. The monoisotopic (exact) mass is 218 g/mol. The zero-order valence-corrected chi connectivity index (χ0v) is 9.55. The second kappa shape index (κ2) is 4.89. The van der Waals surface area contributed by atoms with Gasteiger partial charge in [-0.15, -0.1) is 0 Å². The van der Waals surface area contributed by atoms with Gasteiger partial charge in [-0.25, -0.2) is 0 Å². The fourth-order valence-electron chi connectivity index (χ4n) is 1.50. The number of hydrogen-bond acceptors (Lipinski definition) is 3. The molecule has 1 saturated heterocycles. The molecule has 2 N–H and O–H groups in total. The van der Waals surface area contributed by atoms with Gasteiger partial charge >= 0.3 is 0 Å². The van der Waals surface area contributed by atoms with Crippen molar-refractivity contribution in [2.45, 2.75) is 18.6 Å². The quantitative estimate of drug-likeness (QED) is 0.696. The maximum Gasteiger partial charge on any atom is 0.238 e. The van der Waals surface area contributed by atoms with Crippen LogP contribution in [0, 0.1) is 5.92 Å². The third-order valence-electron chi connectivity index (χ3n) is 2.55. The molecule has 0 aromatic rings. The first-order chi connectivity index (χ1) is 6.56. The Labute approximate surface area is 87.3 Å². The van der Waals surface area contributed by atoms with E-state index in [1.165, 1.54) is 0 Å². The predicted molar refractivity (Wildman–Crippen MR) is 57.3 cm³/mol. The molecule has 82 valence electrons. The minimum absolute atomic E-state index is 0.0209. The lowest BCUT2D eigenvalue weighted by Gasteiger charge is -2.12. The molecular formula is C9H18N2O2S. The van der Waals surface area contributed by atoms with Crippen LogP contribution < -0.4 is 5.73 Å². The van der Waals surface area contributed by atoms with E-state index >= 15 is 0 Å². The maximum atomic E-state index is 11.8. The molecule has 14 heavy (non-hydrogen) atoms. The van der Waals surface area contributed by atoms with Crippen molar-refractivity contribution in [2.24, 2.45) is 11.7 Å². The second-order valence-electron chi connectivity index (χ2n) is 3.93. The number of hydrogen-bond donors (Lipinski definition) is 1. The van der Waals surface area contributed by atoms with Crippen LogP contribution in [0.15, 0.2) is 0 Å². The number of carbonyl (C=O) groups excluding carboxylic acids is 1. The average molecular weight is 218 g/mol. The van der Waals surface area contributed by atoms with Crippen LogP contribution in [0.5, 0.6) is 0 Å². The van der Waals surface area contributed by atoms with E-state index in [9.17, 15) is 9.00 Å². The molecule has 3 unspecified atom stereocenters. The Balaban J connectivity index is 2.50. The number of amides is 1. The summed E-state index contributed by atoms with van der Waals surface area (Å²) in [5, 5.41) is -0.283. The van der Waals surface area contributed by atoms with Gasteiger partial charge in [0.2, 0.25) is 5.91 Å². The molecular weight excluding hydrogens is 200 g/mol. The van der Waals surface area contributed by atoms with Crippen LogP contribution in [0.3, 0.4) is 0 Å². The molecule has 1 heterocycles. The molecule has 0 radical (unpaired) electrons. The normalized spacial score (nSPS) is 26.6. The summed E-state index contributed by atoms with van der Waals surface area (Å²) in [7, 11) is 0.709. The minimum atomic E-state index is -1.05. The molecule has 0 aliphatic carbocycles. The van der Waals surface area contributed by atoms with Gasteiger partial charge in [0, 0.05) is 30.1 Å². The standard InChI is InChI=1S/C9H18N2O2S/c1-7(5-10)6-14(13)8-3-4-11(2)9(8)12/h7-8H,3-6,10H2,1-2H3. The van der Waals surface area contributed by atoms with Crippen LogP contribution in [0.1, 0.15) is 13.3 Å². The first-order valence-electron chi connectivity index (χ1n) is 4.88. The van der Waals surface area contributed by atoms with Crippen LogP contribution in [-0.4, -0.2) is 46.2 Å². The molecule has 1 amide bonds. The molecule has 1 aliphatic rings. The molecule has 0 saturated carbocycles. The third-order valence-corrected chi connectivity index (χ3v) is 4.52. The topological polar surface area (TPSA) is 63.4 Å². The number of carbonyl (C=O) groups is 1. The van der Waals surface area contributed by atoms with Crippen molar-refractivity contribution in [3.05, 3.63) is 0 Å². The zero-order valence-electron chi connectivity index (χ0n) is 8.73. The maximum absolute atomic E-state index is 11.8. The van der Waals surface area contributed by atoms with Gasteiger partial charge in [-0.05, 0) is 18.9 Å². The van der Waals surface area contributed by atoms with Crippen LogP contribution >= 0.6 is 0 Å². The van der Waals surface area contributed by atoms with Gasteiger partial charge in [0.15, 0.2) is 0 Å². The molecule has 0 spiro atoms. The van der Waals surface area contributed by atoms with Gasteiger partial charge < -0.3 is 10.6 Å². The molecule has 5 heteroatoms. The van der Waals surface area contributed by atoms with E-state index in [1.54, 1.807) is 11.9 Å². The Morgan fingerprint density at radius 1 is 1.71 bits per heavy atom. The molecule has 1 rings (SSSR count). The first kappa shape index (κ1) is 11.7. The Hall–Kier alpha value is -0.420. The van der Waals surface area contributed by atoms with E-state index in [2.05, 4.69) is 0 Å². The SMILES string of the molecule is CC(CN)CS(=O)C1CCN(C)C1=O. The summed E-state index contributed by atoms with van der Waals surface area (Å²) in [5.41, 5.74) is 5.45. The lowest BCUT2D eigenvalue weighted by Crippen LogP contribution is -2.31. The van der Waals surface area contributed by atoms with Gasteiger partial charge in [-0.3, -0.25) is 9.00 Å². The molecule has 0 aromatic carbocycles. The minimum Gasteiger partial charge on any atom is -0.345 e. The van der Waals surface area contributed by atoms with Crippen molar-refractivity contribution in [2.75, 3.05) is 25.9 Å². The molecule has 0 aromatic heterocycles. The van der Waals surface area contributed by atoms with Gasteiger partial charge in [0.1, 0.15) is 5.25 Å². The van der Waals surface area contributed by atoms with Crippen molar-refractivity contribution in [1.82, 2.24) is 4.90 Å². The predicted octanol–water partition coefficient (Wildman–Crippen LogP) is -0.439. The summed E-state index contributed by atoms with van der Waals surface area (Å²) >= 11 is 0. The first-order valence-corrected chi connectivity index (χ1v) is 6.26. The van der Waals surface area contributed by atoms with Crippen LogP contribution in [-0.2, 0) is 15.6 Å². The van der Waals surface area contributed by atoms with E-state index in [1.807, 2.05) is 6.92 Å². The highest BCUT2D eigenvalue weighted by Crippen LogP contribution is 2.16.